The normalized spacial score (nSPS) is 14.0. The Morgan fingerprint density at radius 1 is 1.47 bits per heavy atom. The zero-order valence-corrected chi connectivity index (χ0v) is 9.16. The molecule has 0 fully saturated rings. The number of benzene rings is 1. The summed E-state index contributed by atoms with van der Waals surface area (Å²) in [6, 6.07) is 7.44. The van der Waals surface area contributed by atoms with E-state index >= 15 is 0 Å². The molecule has 0 saturated carbocycles. The first kappa shape index (κ1) is 11.6. The van der Waals surface area contributed by atoms with Crippen LogP contribution in [0.15, 0.2) is 24.3 Å². The fourth-order valence-electron chi connectivity index (χ4n) is 1.54. The number of aliphatic hydroxyl groups is 1. The summed E-state index contributed by atoms with van der Waals surface area (Å²) in [4.78, 5) is 0. The number of terminal acetylenes is 1. The summed E-state index contributed by atoms with van der Waals surface area (Å²) in [6.07, 6.45) is 6.27. The van der Waals surface area contributed by atoms with Crippen molar-refractivity contribution in [2.45, 2.75) is 25.4 Å². The average molecular weight is 204 g/mol. The van der Waals surface area contributed by atoms with E-state index in [1.165, 1.54) is 0 Å². The van der Waals surface area contributed by atoms with E-state index in [2.05, 4.69) is 5.92 Å². The van der Waals surface area contributed by atoms with Gasteiger partial charge in [0.2, 0.25) is 0 Å². The van der Waals surface area contributed by atoms with Crippen LogP contribution in [-0.4, -0.2) is 12.2 Å². The molecule has 1 unspecified atom stereocenters. The molecule has 1 atom stereocenters. The monoisotopic (exact) mass is 204 g/mol. The van der Waals surface area contributed by atoms with Crippen LogP contribution in [-0.2, 0) is 5.60 Å². The fraction of sp³-hybridized carbons (Fsp3) is 0.385. The van der Waals surface area contributed by atoms with Crippen molar-refractivity contribution in [2.24, 2.45) is 0 Å². The molecular weight excluding hydrogens is 188 g/mol. The Hall–Kier alpha value is -1.46. The van der Waals surface area contributed by atoms with Gasteiger partial charge in [0, 0.05) is 12.0 Å². The highest BCUT2D eigenvalue weighted by Crippen LogP contribution is 2.32. The van der Waals surface area contributed by atoms with Gasteiger partial charge in [-0.1, -0.05) is 18.2 Å². The molecule has 1 N–H and O–H groups in total. The minimum Gasteiger partial charge on any atom is -0.496 e. The SMILES string of the molecule is C#CCCC(C)(O)c1ccccc1OC. The topological polar surface area (TPSA) is 29.5 Å². The van der Waals surface area contributed by atoms with Crippen molar-refractivity contribution in [1.29, 1.82) is 0 Å². The van der Waals surface area contributed by atoms with E-state index in [1.807, 2.05) is 24.3 Å². The fourth-order valence-corrected chi connectivity index (χ4v) is 1.54. The molecule has 0 radical (unpaired) electrons. The molecule has 0 heterocycles. The lowest BCUT2D eigenvalue weighted by Crippen LogP contribution is -2.21. The van der Waals surface area contributed by atoms with Crippen LogP contribution in [0, 0.1) is 12.3 Å². The number of hydrogen-bond acceptors (Lipinski definition) is 2. The third-order valence-electron chi connectivity index (χ3n) is 2.44. The minimum absolute atomic E-state index is 0.532. The van der Waals surface area contributed by atoms with Gasteiger partial charge < -0.3 is 9.84 Å². The minimum atomic E-state index is -0.932. The molecule has 0 aliphatic rings. The molecule has 1 aromatic rings. The lowest BCUT2D eigenvalue weighted by molar-refractivity contribution is 0.0468. The number of hydrogen-bond donors (Lipinski definition) is 1. The molecule has 80 valence electrons. The van der Waals surface area contributed by atoms with Crippen molar-refractivity contribution >= 4 is 0 Å². The van der Waals surface area contributed by atoms with Gasteiger partial charge in [0.15, 0.2) is 0 Å². The molecule has 0 amide bonds. The second-order valence-electron chi connectivity index (χ2n) is 3.68. The summed E-state index contributed by atoms with van der Waals surface area (Å²) in [5, 5.41) is 10.3. The summed E-state index contributed by atoms with van der Waals surface area (Å²) in [7, 11) is 1.59. The number of ether oxygens (including phenoxy) is 1. The molecule has 2 nitrogen and oxygen atoms in total. The third kappa shape index (κ3) is 2.74. The molecule has 0 aliphatic carbocycles. The van der Waals surface area contributed by atoms with Crippen LogP contribution in [0.5, 0.6) is 5.75 Å². The van der Waals surface area contributed by atoms with E-state index in [-0.39, 0.29) is 0 Å². The summed E-state index contributed by atoms with van der Waals surface area (Å²) in [5.41, 5.74) is -0.151. The predicted molar refractivity (Wildman–Crippen MR) is 60.6 cm³/mol. The van der Waals surface area contributed by atoms with Gasteiger partial charge in [-0.05, 0) is 19.4 Å². The zero-order chi connectivity index (χ0) is 11.3. The van der Waals surface area contributed by atoms with Crippen LogP contribution in [0.25, 0.3) is 0 Å². The van der Waals surface area contributed by atoms with Gasteiger partial charge in [-0.15, -0.1) is 12.3 Å². The van der Waals surface area contributed by atoms with Gasteiger partial charge in [0.05, 0.1) is 12.7 Å². The highest BCUT2D eigenvalue weighted by molar-refractivity contribution is 5.37. The Morgan fingerprint density at radius 3 is 2.73 bits per heavy atom. The van der Waals surface area contributed by atoms with E-state index in [4.69, 9.17) is 11.2 Å². The van der Waals surface area contributed by atoms with E-state index < -0.39 is 5.60 Å². The molecule has 0 saturated heterocycles. The van der Waals surface area contributed by atoms with E-state index in [1.54, 1.807) is 14.0 Å². The predicted octanol–water partition coefficient (Wildman–Crippen LogP) is 2.32. The summed E-state index contributed by atoms with van der Waals surface area (Å²) < 4.78 is 5.20. The molecule has 0 spiro atoms. The zero-order valence-electron chi connectivity index (χ0n) is 9.16. The summed E-state index contributed by atoms with van der Waals surface area (Å²) >= 11 is 0. The molecule has 0 bridgehead atoms. The van der Waals surface area contributed by atoms with Crippen LogP contribution in [0.1, 0.15) is 25.3 Å². The van der Waals surface area contributed by atoms with Crippen molar-refractivity contribution in [1.82, 2.24) is 0 Å². The standard InChI is InChI=1S/C13H16O2/c1-4-5-10-13(2,14)11-8-6-7-9-12(11)15-3/h1,6-9,14H,5,10H2,2-3H3. The summed E-state index contributed by atoms with van der Waals surface area (Å²) in [6.45, 7) is 1.75. The number of rotatable bonds is 4. The van der Waals surface area contributed by atoms with Gasteiger partial charge in [-0.25, -0.2) is 0 Å². The Morgan fingerprint density at radius 2 is 2.13 bits per heavy atom. The molecule has 15 heavy (non-hydrogen) atoms. The van der Waals surface area contributed by atoms with E-state index in [0.29, 0.717) is 18.6 Å². The molecule has 0 aliphatic heterocycles. The first-order valence-electron chi connectivity index (χ1n) is 4.91. The van der Waals surface area contributed by atoms with Crippen molar-refractivity contribution < 1.29 is 9.84 Å². The van der Waals surface area contributed by atoms with Crippen LogP contribution < -0.4 is 4.74 Å². The molecule has 2 heteroatoms. The van der Waals surface area contributed by atoms with E-state index in [9.17, 15) is 5.11 Å². The second-order valence-corrected chi connectivity index (χ2v) is 3.68. The van der Waals surface area contributed by atoms with Crippen molar-refractivity contribution in [3.8, 4) is 18.1 Å². The summed E-state index contributed by atoms with van der Waals surface area (Å²) in [5.74, 6) is 3.22. The van der Waals surface area contributed by atoms with Gasteiger partial charge >= 0.3 is 0 Å². The molecule has 1 aromatic carbocycles. The van der Waals surface area contributed by atoms with Crippen LogP contribution in [0.4, 0.5) is 0 Å². The van der Waals surface area contributed by atoms with Gasteiger partial charge in [0.1, 0.15) is 5.75 Å². The average Bonchev–Trinajstić information content (AvgIpc) is 2.26. The van der Waals surface area contributed by atoms with Gasteiger partial charge in [-0.3, -0.25) is 0 Å². The Kier molecular flexibility index (Phi) is 3.76. The molecular formula is C13H16O2. The maximum atomic E-state index is 10.3. The molecule has 0 aromatic heterocycles. The third-order valence-corrected chi connectivity index (χ3v) is 2.44. The largest absolute Gasteiger partial charge is 0.496 e. The lowest BCUT2D eigenvalue weighted by Gasteiger charge is -2.24. The van der Waals surface area contributed by atoms with Crippen molar-refractivity contribution in [3.63, 3.8) is 0 Å². The number of para-hydroxylation sites is 1. The van der Waals surface area contributed by atoms with Gasteiger partial charge in [-0.2, -0.15) is 0 Å². The first-order valence-corrected chi connectivity index (χ1v) is 4.91. The Labute approximate surface area is 90.9 Å². The van der Waals surface area contributed by atoms with Crippen LogP contribution in [0.2, 0.25) is 0 Å². The smallest absolute Gasteiger partial charge is 0.124 e. The maximum Gasteiger partial charge on any atom is 0.124 e. The Bertz CT molecular complexity index is 361. The van der Waals surface area contributed by atoms with Gasteiger partial charge in [0.25, 0.3) is 0 Å². The quantitative estimate of drug-likeness (QED) is 0.763. The Balaban J connectivity index is 2.98. The number of methoxy groups -OCH3 is 1. The maximum absolute atomic E-state index is 10.3. The van der Waals surface area contributed by atoms with Crippen LogP contribution >= 0.6 is 0 Å². The highest BCUT2D eigenvalue weighted by Gasteiger charge is 2.25. The molecule has 1 rings (SSSR count). The second kappa shape index (κ2) is 4.86. The first-order chi connectivity index (χ1) is 7.11. The van der Waals surface area contributed by atoms with Crippen molar-refractivity contribution in [2.75, 3.05) is 7.11 Å². The van der Waals surface area contributed by atoms with Crippen molar-refractivity contribution in [3.05, 3.63) is 29.8 Å². The van der Waals surface area contributed by atoms with Crippen LogP contribution in [0.3, 0.4) is 0 Å². The lowest BCUT2D eigenvalue weighted by atomic mass is 9.90. The highest BCUT2D eigenvalue weighted by atomic mass is 16.5. The van der Waals surface area contributed by atoms with E-state index in [0.717, 1.165) is 5.56 Å².